The lowest BCUT2D eigenvalue weighted by molar-refractivity contribution is -0.670. The topological polar surface area (TPSA) is 113 Å². The Morgan fingerprint density at radius 2 is 1.78 bits per heavy atom. The van der Waals surface area contributed by atoms with Gasteiger partial charge in [0.05, 0.1) is 50.5 Å². The van der Waals surface area contributed by atoms with Gasteiger partial charge in [-0.05, 0) is 30.2 Å². The quantitative estimate of drug-likeness (QED) is 0.276. The Hall–Kier alpha value is -3.62. The molecule has 36 heavy (non-hydrogen) atoms. The summed E-state index contributed by atoms with van der Waals surface area (Å²) >= 11 is 5.32. The standard InChI is InChI=1S/C23H19N2O4S.C4H9NO/c1-14-19(23(27)29-13-15-6-4-3-5-7-15)20(18(12-24)21(30)25-14)16-8-10-17(11-9-16)22(26)28-2;1-3-6-4-2-5-1/h3-11,20H,13H2,1-2H3,(H,25,30);5H,1-4H2/q-1;/p+1. The van der Waals surface area contributed by atoms with Crippen LogP contribution >= 0.6 is 12.2 Å². The number of rotatable bonds is 5. The van der Waals surface area contributed by atoms with Crippen LogP contribution in [-0.2, 0) is 25.6 Å². The van der Waals surface area contributed by atoms with Gasteiger partial charge in [-0.1, -0.05) is 54.7 Å². The maximum Gasteiger partial charge on any atom is 0.337 e. The number of allylic oxidation sites excluding steroid dienone is 1. The van der Waals surface area contributed by atoms with Gasteiger partial charge < -0.3 is 30.3 Å². The first-order valence-electron chi connectivity index (χ1n) is 11.5. The Labute approximate surface area is 215 Å². The summed E-state index contributed by atoms with van der Waals surface area (Å²) in [4.78, 5) is 25.0. The highest BCUT2D eigenvalue weighted by molar-refractivity contribution is 7.80. The molecule has 2 aliphatic heterocycles. The number of methoxy groups -OCH3 is 1. The van der Waals surface area contributed by atoms with Gasteiger partial charge in [0, 0.05) is 11.3 Å². The lowest BCUT2D eigenvalue weighted by Crippen LogP contribution is -2.87. The van der Waals surface area contributed by atoms with Gasteiger partial charge >= 0.3 is 11.9 Å². The SMILES string of the molecule is C1COCC[NH2+]1.COC(=O)c1ccc(C2C(=C=[N-])C(=S)NC(C)=C2C(=O)OCc2ccccc2)cc1. The van der Waals surface area contributed by atoms with Gasteiger partial charge in [-0.3, -0.25) is 5.87 Å². The van der Waals surface area contributed by atoms with E-state index < -0.39 is 17.9 Å². The summed E-state index contributed by atoms with van der Waals surface area (Å²) in [6.45, 7) is 6.02. The molecule has 0 bridgehead atoms. The highest BCUT2D eigenvalue weighted by Gasteiger charge is 2.34. The third-order valence-corrected chi connectivity index (χ3v) is 6.00. The summed E-state index contributed by atoms with van der Waals surface area (Å²) < 4.78 is 15.3. The molecule has 4 rings (SSSR count). The fourth-order valence-electron chi connectivity index (χ4n) is 3.83. The molecule has 0 amide bonds. The Morgan fingerprint density at radius 3 is 2.31 bits per heavy atom. The fourth-order valence-corrected chi connectivity index (χ4v) is 4.14. The Kier molecular flexibility index (Phi) is 10.1. The molecule has 2 aromatic rings. The van der Waals surface area contributed by atoms with Crippen molar-refractivity contribution < 1.29 is 29.1 Å². The van der Waals surface area contributed by atoms with Crippen LogP contribution in [0.3, 0.4) is 0 Å². The molecular weight excluding hydrogens is 478 g/mol. The molecule has 0 saturated carbocycles. The third kappa shape index (κ3) is 6.96. The van der Waals surface area contributed by atoms with Crippen LogP contribution < -0.4 is 10.6 Å². The summed E-state index contributed by atoms with van der Waals surface area (Å²) in [7, 11) is 1.30. The third-order valence-electron chi connectivity index (χ3n) is 5.68. The number of esters is 2. The zero-order chi connectivity index (χ0) is 25.9. The van der Waals surface area contributed by atoms with E-state index in [2.05, 4.69) is 16.5 Å². The first-order chi connectivity index (χ1) is 17.5. The van der Waals surface area contributed by atoms with Crippen LogP contribution in [0.5, 0.6) is 0 Å². The minimum atomic E-state index is -0.696. The zero-order valence-corrected chi connectivity index (χ0v) is 21.1. The highest BCUT2D eigenvalue weighted by atomic mass is 32.1. The number of quaternary nitrogens is 1. The molecule has 9 heteroatoms. The second-order valence-electron chi connectivity index (χ2n) is 8.11. The summed E-state index contributed by atoms with van der Waals surface area (Å²) in [5, 5.41) is 14.9. The number of nitrogens with zero attached hydrogens (tertiary/aromatic N) is 1. The molecule has 3 N–H and O–H groups in total. The van der Waals surface area contributed by atoms with E-state index in [1.54, 1.807) is 31.2 Å². The lowest BCUT2D eigenvalue weighted by Gasteiger charge is -2.30. The molecule has 2 aliphatic rings. The lowest BCUT2D eigenvalue weighted by atomic mass is 9.81. The molecule has 0 spiro atoms. The van der Waals surface area contributed by atoms with E-state index in [1.807, 2.05) is 30.3 Å². The van der Waals surface area contributed by atoms with Gasteiger partial charge in [-0.2, -0.15) is 0 Å². The monoisotopic (exact) mass is 507 g/mol. The summed E-state index contributed by atoms with van der Waals surface area (Å²) in [5.74, 6) is 0.402. The summed E-state index contributed by atoms with van der Waals surface area (Å²) in [6.07, 6.45) is 0. The van der Waals surface area contributed by atoms with Crippen molar-refractivity contribution in [1.29, 1.82) is 0 Å². The van der Waals surface area contributed by atoms with Crippen LogP contribution in [0, 0.1) is 0 Å². The maximum absolute atomic E-state index is 13.0. The molecule has 188 valence electrons. The highest BCUT2D eigenvalue weighted by Crippen LogP contribution is 2.37. The Balaban J connectivity index is 0.000000526. The minimum Gasteiger partial charge on any atom is -0.763 e. The number of ether oxygens (including phenoxy) is 3. The van der Waals surface area contributed by atoms with E-state index in [0.29, 0.717) is 22.4 Å². The van der Waals surface area contributed by atoms with E-state index in [4.69, 9.17) is 26.4 Å². The van der Waals surface area contributed by atoms with Crippen molar-refractivity contribution in [3.63, 3.8) is 0 Å². The van der Waals surface area contributed by atoms with Gasteiger partial charge in [-0.25, -0.2) is 9.59 Å². The zero-order valence-electron chi connectivity index (χ0n) is 20.3. The number of nitrogens with one attached hydrogen (secondary N) is 1. The fraction of sp³-hybridized carbons (Fsp3) is 0.296. The van der Waals surface area contributed by atoms with E-state index >= 15 is 0 Å². The van der Waals surface area contributed by atoms with Crippen molar-refractivity contribution in [3.05, 3.63) is 93.5 Å². The van der Waals surface area contributed by atoms with Crippen molar-refractivity contribution in [3.8, 4) is 0 Å². The first kappa shape index (κ1) is 27.0. The van der Waals surface area contributed by atoms with Gasteiger partial charge in [0.15, 0.2) is 0 Å². The molecule has 2 heterocycles. The maximum atomic E-state index is 13.0. The number of thiocarbonyl (C=S) groups is 1. The number of morpholine rings is 1. The van der Waals surface area contributed by atoms with Crippen LogP contribution in [0.4, 0.5) is 0 Å². The summed E-state index contributed by atoms with van der Waals surface area (Å²) in [6, 6.07) is 15.9. The van der Waals surface area contributed by atoms with Crippen LogP contribution in [0.25, 0.3) is 5.41 Å². The largest absolute Gasteiger partial charge is 0.763 e. The van der Waals surface area contributed by atoms with Crippen molar-refractivity contribution in [2.45, 2.75) is 19.4 Å². The molecule has 0 aliphatic carbocycles. The van der Waals surface area contributed by atoms with E-state index in [9.17, 15) is 15.0 Å². The van der Waals surface area contributed by atoms with Crippen LogP contribution in [0.15, 0.2) is 71.4 Å². The minimum absolute atomic E-state index is 0.108. The Morgan fingerprint density at radius 1 is 1.11 bits per heavy atom. The van der Waals surface area contributed by atoms with E-state index in [1.165, 1.54) is 7.11 Å². The molecular formula is C27H29N3O5S. The van der Waals surface area contributed by atoms with Crippen molar-refractivity contribution in [2.24, 2.45) is 0 Å². The molecule has 2 aromatic carbocycles. The second-order valence-corrected chi connectivity index (χ2v) is 8.51. The second kappa shape index (κ2) is 13.5. The molecule has 1 saturated heterocycles. The van der Waals surface area contributed by atoms with Crippen molar-refractivity contribution in [1.82, 2.24) is 5.32 Å². The summed E-state index contributed by atoms with van der Waals surface area (Å²) in [5.41, 5.74) is 2.94. The van der Waals surface area contributed by atoms with E-state index in [-0.39, 0.29) is 17.2 Å². The number of carbonyl (C=O) groups excluding carboxylic acids is 2. The molecule has 8 nitrogen and oxygen atoms in total. The molecule has 1 unspecified atom stereocenters. The predicted molar refractivity (Wildman–Crippen MR) is 140 cm³/mol. The van der Waals surface area contributed by atoms with Crippen LogP contribution in [0.2, 0.25) is 0 Å². The predicted octanol–water partition coefficient (Wildman–Crippen LogP) is 2.25. The average molecular weight is 508 g/mol. The van der Waals surface area contributed by atoms with E-state index in [0.717, 1.165) is 31.9 Å². The van der Waals surface area contributed by atoms with Gasteiger partial charge in [0.1, 0.15) is 11.6 Å². The first-order valence-corrected chi connectivity index (χ1v) is 11.9. The Bertz CT molecular complexity index is 1160. The molecule has 1 fully saturated rings. The number of hydrogen-bond acceptors (Lipinski definition) is 6. The van der Waals surface area contributed by atoms with Gasteiger partial charge in [-0.15, -0.1) is 0 Å². The van der Waals surface area contributed by atoms with Crippen LogP contribution in [0.1, 0.15) is 34.3 Å². The smallest absolute Gasteiger partial charge is 0.337 e. The van der Waals surface area contributed by atoms with Crippen molar-refractivity contribution >= 4 is 35.0 Å². The van der Waals surface area contributed by atoms with Gasteiger partial charge in [0.25, 0.3) is 0 Å². The molecule has 0 aromatic heterocycles. The number of nitrogens with two attached hydrogens (primary N) is 1. The van der Waals surface area contributed by atoms with Gasteiger partial charge in [0.2, 0.25) is 0 Å². The van der Waals surface area contributed by atoms with Crippen molar-refractivity contribution in [2.75, 3.05) is 33.4 Å². The number of benzene rings is 2. The average Bonchev–Trinajstić information content (AvgIpc) is 2.93. The molecule has 1 atom stereocenters. The number of carbonyl (C=O) groups is 2. The van der Waals surface area contributed by atoms with Crippen LogP contribution in [-0.4, -0.2) is 56.2 Å². The number of hydrogen-bond donors (Lipinski definition) is 2. The molecule has 0 radical (unpaired) electrons. The normalized spacial score (nSPS) is 17.2.